The molecule has 1 atom stereocenters. The van der Waals surface area contributed by atoms with E-state index in [1.54, 1.807) is 13.0 Å². The van der Waals surface area contributed by atoms with Crippen LogP contribution in [0.5, 0.6) is 0 Å². The van der Waals surface area contributed by atoms with E-state index in [4.69, 9.17) is 11.6 Å². The first-order valence-electron chi connectivity index (χ1n) is 5.76. The van der Waals surface area contributed by atoms with E-state index in [1.165, 1.54) is 18.9 Å². The molecule has 1 amide bonds. The molecule has 104 valence electrons. The Morgan fingerprint density at radius 1 is 1.42 bits per heavy atom. The Balaban J connectivity index is 2.36. The molecule has 0 radical (unpaired) electrons. The first kappa shape index (κ1) is 15.9. The standard InChI is InChI=1S/C13H16ClNO3S/c1-9(7-13(17)18-2)15-12(16)8-19-11-6-4-3-5-10(11)14/h3-6,9H,7-8H2,1-2H3,(H,15,16). The summed E-state index contributed by atoms with van der Waals surface area (Å²) in [6, 6.07) is 7.10. The lowest BCUT2D eigenvalue weighted by Gasteiger charge is -2.12. The highest BCUT2D eigenvalue weighted by Crippen LogP contribution is 2.26. The van der Waals surface area contributed by atoms with Crippen molar-refractivity contribution in [3.8, 4) is 0 Å². The molecular weight excluding hydrogens is 286 g/mol. The van der Waals surface area contributed by atoms with E-state index in [0.29, 0.717) is 5.02 Å². The number of methoxy groups -OCH3 is 1. The van der Waals surface area contributed by atoms with E-state index >= 15 is 0 Å². The van der Waals surface area contributed by atoms with Gasteiger partial charge in [-0.25, -0.2) is 0 Å². The van der Waals surface area contributed by atoms with E-state index in [2.05, 4.69) is 10.1 Å². The lowest BCUT2D eigenvalue weighted by molar-refractivity contribution is -0.141. The summed E-state index contributed by atoms with van der Waals surface area (Å²) in [4.78, 5) is 23.6. The molecule has 0 heterocycles. The van der Waals surface area contributed by atoms with Gasteiger partial charge in [-0.1, -0.05) is 23.7 Å². The molecule has 1 N–H and O–H groups in total. The topological polar surface area (TPSA) is 55.4 Å². The average Bonchev–Trinajstić information content (AvgIpc) is 2.37. The van der Waals surface area contributed by atoms with Crippen LogP contribution in [0.15, 0.2) is 29.2 Å². The molecule has 0 aliphatic carbocycles. The van der Waals surface area contributed by atoms with E-state index < -0.39 is 0 Å². The zero-order valence-corrected chi connectivity index (χ0v) is 12.4. The minimum atomic E-state index is -0.341. The third-order valence-electron chi connectivity index (χ3n) is 2.30. The maximum Gasteiger partial charge on any atom is 0.307 e. The zero-order valence-electron chi connectivity index (χ0n) is 10.8. The highest BCUT2D eigenvalue weighted by atomic mass is 35.5. The minimum absolute atomic E-state index is 0.138. The number of halogens is 1. The predicted octanol–water partition coefficient (Wildman–Crippen LogP) is 2.50. The van der Waals surface area contributed by atoms with Crippen LogP contribution >= 0.6 is 23.4 Å². The van der Waals surface area contributed by atoms with Crippen molar-refractivity contribution >= 4 is 35.2 Å². The van der Waals surface area contributed by atoms with E-state index in [-0.39, 0.29) is 30.1 Å². The van der Waals surface area contributed by atoms with Gasteiger partial charge in [-0.3, -0.25) is 9.59 Å². The first-order chi connectivity index (χ1) is 9.02. The molecule has 1 rings (SSSR count). The Kier molecular flexibility index (Phi) is 6.73. The zero-order chi connectivity index (χ0) is 14.3. The third kappa shape index (κ3) is 5.98. The fourth-order valence-corrected chi connectivity index (χ4v) is 2.46. The van der Waals surface area contributed by atoms with Crippen LogP contribution < -0.4 is 5.32 Å². The van der Waals surface area contributed by atoms with Gasteiger partial charge in [-0.15, -0.1) is 11.8 Å². The molecule has 0 aliphatic rings. The van der Waals surface area contributed by atoms with Crippen molar-refractivity contribution in [3.05, 3.63) is 29.3 Å². The van der Waals surface area contributed by atoms with Gasteiger partial charge in [0.05, 0.1) is 24.3 Å². The van der Waals surface area contributed by atoms with Crippen LogP contribution in [-0.2, 0) is 14.3 Å². The van der Waals surface area contributed by atoms with E-state index in [0.717, 1.165) is 4.90 Å². The quantitative estimate of drug-likeness (QED) is 0.648. The van der Waals surface area contributed by atoms with Crippen molar-refractivity contribution in [2.75, 3.05) is 12.9 Å². The summed E-state index contributed by atoms with van der Waals surface area (Å²) in [5.41, 5.74) is 0. The molecule has 0 saturated heterocycles. The van der Waals surface area contributed by atoms with E-state index in [1.807, 2.05) is 18.2 Å². The second kappa shape index (κ2) is 8.07. The summed E-state index contributed by atoms with van der Waals surface area (Å²) in [7, 11) is 1.32. The van der Waals surface area contributed by atoms with Crippen LogP contribution in [0, 0.1) is 0 Å². The van der Waals surface area contributed by atoms with Crippen LogP contribution in [0.2, 0.25) is 5.02 Å². The number of thioether (sulfide) groups is 1. The van der Waals surface area contributed by atoms with Gasteiger partial charge in [-0.2, -0.15) is 0 Å². The van der Waals surface area contributed by atoms with Gasteiger partial charge >= 0.3 is 5.97 Å². The number of nitrogens with one attached hydrogen (secondary N) is 1. The molecule has 1 aromatic rings. The summed E-state index contributed by atoms with van der Waals surface area (Å²) in [6.45, 7) is 1.76. The lowest BCUT2D eigenvalue weighted by Crippen LogP contribution is -2.35. The molecular formula is C13H16ClNO3S. The fourth-order valence-electron chi connectivity index (χ4n) is 1.41. The molecule has 19 heavy (non-hydrogen) atoms. The highest BCUT2D eigenvalue weighted by molar-refractivity contribution is 8.00. The Labute approximate surface area is 121 Å². The Morgan fingerprint density at radius 3 is 2.74 bits per heavy atom. The van der Waals surface area contributed by atoms with Crippen molar-refractivity contribution in [2.45, 2.75) is 24.3 Å². The number of rotatable bonds is 6. The maximum atomic E-state index is 11.7. The molecule has 0 saturated carbocycles. The van der Waals surface area contributed by atoms with Gasteiger partial charge in [0, 0.05) is 10.9 Å². The molecule has 1 aromatic carbocycles. The summed E-state index contributed by atoms with van der Waals surface area (Å²) >= 11 is 7.35. The van der Waals surface area contributed by atoms with Crippen molar-refractivity contribution in [3.63, 3.8) is 0 Å². The fraction of sp³-hybridized carbons (Fsp3) is 0.385. The Bertz CT molecular complexity index is 453. The predicted molar refractivity (Wildman–Crippen MR) is 76.4 cm³/mol. The Morgan fingerprint density at radius 2 is 2.11 bits per heavy atom. The SMILES string of the molecule is COC(=O)CC(C)NC(=O)CSc1ccccc1Cl. The molecule has 0 fully saturated rings. The van der Waals surface area contributed by atoms with E-state index in [9.17, 15) is 9.59 Å². The summed E-state index contributed by atoms with van der Waals surface area (Å²) in [5, 5.41) is 3.36. The van der Waals surface area contributed by atoms with Crippen molar-refractivity contribution in [1.29, 1.82) is 0 Å². The van der Waals surface area contributed by atoms with Gasteiger partial charge in [0.1, 0.15) is 0 Å². The number of esters is 1. The number of ether oxygens (including phenoxy) is 1. The second-order valence-electron chi connectivity index (χ2n) is 3.97. The largest absolute Gasteiger partial charge is 0.469 e. The maximum absolute atomic E-state index is 11.7. The smallest absolute Gasteiger partial charge is 0.307 e. The monoisotopic (exact) mass is 301 g/mol. The van der Waals surface area contributed by atoms with Crippen molar-refractivity contribution < 1.29 is 14.3 Å². The second-order valence-corrected chi connectivity index (χ2v) is 5.39. The van der Waals surface area contributed by atoms with Crippen molar-refractivity contribution in [2.24, 2.45) is 0 Å². The number of hydrogen-bond acceptors (Lipinski definition) is 4. The Hall–Kier alpha value is -1.20. The summed E-state index contributed by atoms with van der Waals surface area (Å²) < 4.78 is 4.53. The summed E-state index contributed by atoms with van der Waals surface area (Å²) in [6.07, 6.45) is 0.166. The first-order valence-corrected chi connectivity index (χ1v) is 7.12. The highest BCUT2D eigenvalue weighted by Gasteiger charge is 2.12. The van der Waals surface area contributed by atoms with Gasteiger partial charge in [-0.05, 0) is 19.1 Å². The van der Waals surface area contributed by atoms with Crippen LogP contribution in [0.3, 0.4) is 0 Å². The van der Waals surface area contributed by atoms with Gasteiger partial charge < -0.3 is 10.1 Å². The van der Waals surface area contributed by atoms with Crippen LogP contribution in [0.4, 0.5) is 0 Å². The van der Waals surface area contributed by atoms with Crippen LogP contribution in [0.25, 0.3) is 0 Å². The number of benzene rings is 1. The number of carbonyl (C=O) groups is 2. The molecule has 1 unspecified atom stereocenters. The molecule has 0 aliphatic heterocycles. The number of amides is 1. The number of hydrogen-bond donors (Lipinski definition) is 1. The lowest BCUT2D eigenvalue weighted by atomic mass is 10.2. The number of carbonyl (C=O) groups excluding carboxylic acids is 2. The molecule has 6 heteroatoms. The third-order valence-corrected chi connectivity index (χ3v) is 3.82. The average molecular weight is 302 g/mol. The normalized spacial score (nSPS) is 11.7. The van der Waals surface area contributed by atoms with Crippen LogP contribution in [0.1, 0.15) is 13.3 Å². The molecule has 4 nitrogen and oxygen atoms in total. The molecule has 0 bridgehead atoms. The van der Waals surface area contributed by atoms with Crippen LogP contribution in [-0.4, -0.2) is 30.8 Å². The summed E-state index contributed by atoms with van der Waals surface area (Å²) in [5.74, 6) is -0.220. The minimum Gasteiger partial charge on any atom is -0.469 e. The molecule has 0 spiro atoms. The van der Waals surface area contributed by atoms with Gasteiger partial charge in [0.2, 0.25) is 5.91 Å². The molecule has 0 aromatic heterocycles. The van der Waals surface area contributed by atoms with Gasteiger partial charge in [0.25, 0.3) is 0 Å². The van der Waals surface area contributed by atoms with Gasteiger partial charge in [0.15, 0.2) is 0 Å². The van der Waals surface area contributed by atoms with Crippen molar-refractivity contribution in [1.82, 2.24) is 5.32 Å².